The molecular weight excluding hydrogens is 203 g/mol. The molecule has 0 aliphatic rings. The van der Waals surface area contributed by atoms with Gasteiger partial charge in [0.1, 0.15) is 16.9 Å². The maximum Gasteiger partial charge on any atom is 0.569 e. The monoisotopic (exact) mass is 218 g/mol. The predicted molar refractivity (Wildman–Crippen MR) is 62.3 cm³/mol. The molecule has 0 aliphatic carbocycles. The van der Waals surface area contributed by atoms with Crippen molar-refractivity contribution in [1.82, 2.24) is 0 Å². The van der Waals surface area contributed by atoms with Crippen LogP contribution >= 0.6 is 0 Å². The molecule has 0 amide bonds. The molecule has 77 valence electrons. The zero-order chi connectivity index (χ0) is 17.0. The van der Waals surface area contributed by atoms with Crippen molar-refractivity contribution in [2.75, 3.05) is 0 Å². The van der Waals surface area contributed by atoms with Gasteiger partial charge in [0.15, 0.2) is 0 Å². The second-order valence-electron chi connectivity index (χ2n) is 2.94. The first kappa shape index (κ1) is 4.51. The van der Waals surface area contributed by atoms with E-state index in [1.54, 1.807) is 0 Å². The SMILES string of the molecule is [2H]c1c([2H])c([2H])c2c(oc3c([2H])c([2H])c(O[B]O)c([2H])c32)c1[2H]. The Labute approximate surface area is 102 Å². The molecule has 0 unspecified atom stereocenters. The lowest BCUT2D eigenvalue weighted by Gasteiger charge is -1.99. The Bertz CT molecular complexity index is 969. The summed E-state index contributed by atoms with van der Waals surface area (Å²) >= 11 is 0. The number of para-hydroxylation sites is 1. The summed E-state index contributed by atoms with van der Waals surface area (Å²) in [4.78, 5) is 0. The van der Waals surface area contributed by atoms with E-state index in [2.05, 4.69) is 0 Å². The highest BCUT2D eigenvalue weighted by Gasteiger charge is 2.07. The Morgan fingerprint density at radius 1 is 1.12 bits per heavy atom. The van der Waals surface area contributed by atoms with Crippen molar-refractivity contribution in [1.29, 1.82) is 0 Å². The third kappa shape index (κ3) is 1.35. The van der Waals surface area contributed by atoms with Gasteiger partial charge in [-0.05, 0) is 24.2 Å². The molecule has 1 aromatic heterocycles. The Hall–Kier alpha value is -1.94. The van der Waals surface area contributed by atoms with E-state index < -0.39 is 48.0 Å². The van der Waals surface area contributed by atoms with E-state index in [1.165, 1.54) is 0 Å². The summed E-state index contributed by atoms with van der Waals surface area (Å²) in [6.07, 6.45) is 0. The van der Waals surface area contributed by atoms with Gasteiger partial charge in [0, 0.05) is 10.8 Å². The zero-order valence-electron chi connectivity index (χ0n) is 14.8. The van der Waals surface area contributed by atoms with Crippen LogP contribution in [0.4, 0.5) is 0 Å². The molecule has 3 aromatic rings. The Morgan fingerprint density at radius 3 is 2.81 bits per heavy atom. The first-order valence-electron chi connectivity index (χ1n) is 7.86. The molecule has 0 aliphatic heterocycles. The smallest absolute Gasteiger partial charge is 0.537 e. The molecular formula is C12H8BO3. The van der Waals surface area contributed by atoms with Gasteiger partial charge in [0.2, 0.25) is 0 Å². The van der Waals surface area contributed by atoms with E-state index in [0.29, 0.717) is 0 Å². The maximum absolute atomic E-state index is 8.75. The second kappa shape index (κ2) is 3.57. The molecule has 2 aromatic carbocycles. The van der Waals surface area contributed by atoms with E-state index in [0.717, 1.165) is 0 Å². The van der Waals surface area contributed by atoms with Crippen LogP contribution in [0.15, 0.2) is 46.7 Å². The molecule has 16 heavy (non-hydrogen) atoms. The summed E-state index contributed by atoms with van der Waals surface area (Å²) < 4.78 is 65.1. The minimum atomic E-state index is -0.498. The fourth-order valence-electron chi connectivity index (χ4n) is 1.40. The molecule has 4 heteroatoms. The minimum Gasteiger partial charge on any atom is -0.537 e. The molecule has 0 atom stereocenters. The fourth-order valence-corrected chi connectivity index (χ4v) is 1.40. The van der Waals surface area contributed by atoms with Crippen molar-refractivity contribution in [3.63, 3.8) is 0 Å². The fraction of sp³-hybridized carbons (Fsp3) is 0. The highest BCUT2D eigenvalue weighted by molar-refractivity contribution is 6.17. The summed E-state index contributed by atoms with van der Waals surface area (Å²) in [5, 5.41) is 8.63. The van der Waals surface area contributed by atoms with Gasteiger partial charge in [0.05, 0.1) is 9.60 Å². The maximum atomic E-state index is 8.75. The van der Waals surface area contributed by atoms with Gasteiger partial charge in [-0.1, -0.05) is 18.1 Å². The van der Waals surface area contributed by atoms with Gasteiger partial charge in [-0.15, -0.1) is 0 Å². The predicted octanol–water partition coefficient (Wildman–Crippen LogP) is 2.49. The van der Waals surface area contributed by atoms with E-state index in [1.807, 2.05) is 0 Å². The van der Waals surface area contributed by atoms with Crippen LogP contribution in [0, 0.1) is 0 Å². The van der Waals surface area contributed by atoms with Crippen LogP contribution in [0.1, 0.15) is 9.60 Å². The molecule has 0 bridgehead atoms. The number of benzene rings is 2. The molecule has 0 saturated heterocycles. The Balaban J connectivity index is 2.63. The zero-order valence-corrected chi connectivity index (χ0v) is 7.84. The standard InChI is InChI=1S/C12H8BO3/c14-13-16-8-5-6-12-10(7-8)9-3-1-2-4-11(9)15-12/h1-7,14H/i1D,2D,3D,4D,5D,6D,7D. The van der Waals surface area contributed by atoms with Crippen molar-refractivity contribution in [2.24, 2.45) is 0 Å². The van der Waals surface area contributed by atoms with Crippen LogP contribution in [0.2, 0.25) is 0 Å². The van der Waals surface area contributed by atoms with Crippen LogP contribution in [-0.2, 0) is 0 Å². The van der Waals surface area contributed by atoms with Crippen molar-refractivity contribution in [3.8, 4) is 5.75 Å². The number of hydrogen-bond acceptors (Lipinski definition) is 3. The number of hydrogen-bond donors (Lipinski definition) is 1. The first-order valence-corrected chi connectivity index (χ1v) is 4.36. The summed E-state index contributed by atoms with van der Waals surface area (Å²) in [7, 11) is 0.272. The van der Waals surface area contributed by atoms with Gasteiger partial charge in [-0.25, -0.2) is 0 Å². The average Bonchev–Trinajstić information content (AvgIpc) is 2.93. The highest BCUT2D eigenvalue weighted by Crippen LogP contribution is 2.30. The number of fused-ring (bicyclic) bond motifs is 3. The third-order valence-corrected chi connectivity index (χ3v) is 2.03. The van der Waals surface area contributed by atoms with Crippen molar-refractivity contribution in [3.05, 3.63) is 42.3 Å². The Morgan fingerprint density at radius 2 is 1.94 bits per heavy atom. The van der Waals surface area contributed by atoms with E-state index in [4.69, 9.17) is 23.7 Å². The molecule has 1 heterocycles. The van der Waals surface area contributed by atoms with Crippen LogP contribution in [0.5, 0.6) is 5.75 Å². The van der Waals surface area contributed by atoms with E-state index in [-0.39, 0.29) is 29.6 Å². The minimum absolute atomic E-state index is 0.0627. The quantitative estimate of drug-likeness (QED) is 0.672. The van der Waals surface area contributed by atoms with Crippen LogP contribution in [0.3, 0.4) is 0 Å². The highest BCUT2D eigenvalue weighted by atomic mass is 16.5. The van der Waals surface area contributed by atoms with E-state index in [9.17, 15) is 0 Å². The second-order valence-corrected chi connectivity index (χ2v) is 2.94. The largest absolute Gasteiger partial charge is 0.569 e. The summed E-state index contributed by atoms with van der Waals surface area (Å²) in [6, 6.07) is -3.19. The summed E-state index contributed by atoms with van der Waals surface area (Å²) in [5.41, 5.74) is -0.398. The molecule has 3 rings (SSSR count). The normalized spacial score (nSPS) is 16.9. The lowest BCUT2D eigenvalue weighted by molar-refractivity contribution is 0.454. The topological polar surface area (TPSA) is 42.6 Å². The summed E-state index contributed by atoms with van der Waals surface area (Å²) in [6.45, 7) is 0. The van der Waals surface area contributed by atoms with Crippen molar-refractivity contribution < 1.29 is 23.7 Å². The third-order valence-electron chi connectivity index (χ3n) is 2.03. The van der Waals surface area contributed by atoms with Crippen LogP contribution in [0.25, 0.3) is 21.9 Å². The molecule has 0 spiro atoms. The van der Waals surface area contributed by atoms with Gasteiger partial charge in [-0.3, -0.25) is 0 Å². The lowest BCUT2D eigenvalue weighted by Crippen LogP contribution is -1.98. The van der Waals surface area contributed by atoms with Crippen molar-refractivity contribution in [2.45, 2.75) is 0 Å². The van der Waals surface area contributed by atoms with Gasteiger partial charge in [0.25, 0.3) is 0 Å². The lowest BCUT2D eigenvalue weighted by atomic mass is 10.1. The van der Waals surface area contributed by atoms with Crippen molar-refractivity contribution >= 4 is 29.6 Å². The van der Waals surface area contributed by atoms with Gasteiger partial charge in [-0.2, -0.15) is 0 Å². The molecule has 1 N–H and O–H groups in total. The van der Waals surface area contributed by atoms with Crippen LogP contribution < -0.4 is 4.65 Å². The van der Waals surface area contributed by atoms with Crippen LogP contribution in [-0.4, -0.2) is 12.7 Å². The number of rotatable bonds is 2. The molecule has 3 nitrogen and oxygen atoms in total. The Kier molecular flexibility index (Phi) is 1.01. The average molecular weight is 218 g/mol. The molecule has 1 radical (unpaired) electrons. The molecule has 0 saturated carbocycles. The first-order chi connectivity index (χ1) is 10.8. The molecule has 0 fully saturated rings. The van der Waals surface area contributed by atoms with Gasteiger partial charge < -0.3 is 14.1 Å². The van der Waals surface area contributed by atoms with E-state index >= 15 is 0 Å². The van der Waals surface area contributed by atoms with Gasteiger partial charge >= 0.3 is 7.69 Å². The summed E-state index contributed by atoms with van der Waals surface area (Å²) in [5.74, 6) is -0.403. The number of furan rings is 1.